The number of aromatic nitrogens is 3. The smallest absolute Gasteiger partial charge is 0.226 e. The number of carbonyl (C=O) groups excluding carboxylic acids is 1. The summed E-state index contributed by atoms with van der Waals surface area (Å²) in [5.74, 6) is 0.704. The van der Waals surface area contributed by atoms with Crippen LogP contribution in [0.5, 0.6) is 5.75 Å². The summed E-state index contributed by atoms with van der Waals surface area (Å²) in [4.78, 5) is 15.3. The van der Waals surface area contributed by atoms with Crippen molar-refractivity contribution < 1.29 is 9.53 Å². The summed E-state index contributed by atoms with van der Waals surface area (Å²) in [6.07, 6.45) is 3.61. The van der Waals surface area contributed by atoms with E-state index in [1.807, 2.05) is 25.1 Å². The molecule has 1 amide bonds. The van der Waals surface area contributed by atoms with Gasteiger partial charge in [-0.1, -0.05) is 18.5 Å². The Morgan fingerprint density at radius 1 is 1.44 bits per heavy atom. The minimum Gasteiger partial charge on any atom is -0.486 e. The van der Waals surface area contributed by atoms with Gasteiger partial charge in [0.1, 0.15) is 18.1 Å². The average molecular weight is 377 g/mol. The summed E-state index contributed by atoms with van der Waals surface area (Å²) in [7, 11) is 0. The van der Waals surface area contributed by atoms with E-state index in [0.29, 0.717) is 23.9 Å². The Kier molecular flexibility index (Phi) is 4.13. The number of amides is 1. The summed E-state index contributed by atoms with van der Waals surface area (Å²) < 4.78 is 13.8. The van der Waals surface area contributed by atoms with Crippen LogP contribution in [0, 0.1) is 5.41 Å². The Bertz CT molecular complexity index is 918. The highest BCUT2D eigenvalue weighted by Crippen LogP contribution is 2.45. The highest BCUT2D eigenvalue weighted by Gasteiger charge is 2.44. The molecule has 3 aromatic rings. The molecule has 25 heavy (non-hydrogen) atoms. The molecule has 2 aromatic heterocycles. The van der Waals surface area contributed by atoms with E-state index in [4.69, 9.17) is 16.3 Å². The van der Waals surface area contributed by atoms with Crippen LogP contribution >= 0.6 is 23.3 Å². The molecule has 1 fully saturated rings. The van der Waals surface area contributed by atoms with Crippen LogP contribution in [0.2, 0.25) is 5.02 Å². The first kappa shape index (κ1) is 16.4. The van der Waals surface area contributed by atoms with Gasteiger partial charge in [0.05, 0.1) is 29.5 Å². The topological polar surface area (TPSA) is 79.9 Å². The van der Waals surface area contributed by atoms with E-state index in [2.05, 4.69) is 19.0 Å². The van der Waals surface area contributed by atoms with Crippen LogP contribution in [0.1, 0.15) is 31.2 Å². The fourth-order valence-electron chi connectivity index (χ4n) is 2.60. The predicted octanol–water partition coefficient (Wildman–Crippen LogP) is 3.67. The number of ether oxygens (including phenoxy) is 1. The molecule has 0 spiro atoms. The minimum atomic E-state index is -0.166. The van der Waals surface area contributed by atoms with Crippen LogP contribution in [-0.2, 0) is 17.9 Å². The third-order valence-electron chi connectivity index (χ3n) is 4.50. The van der Waals surface area contributed by atoms with E-state index >= 15 is 0 Å². The maximum atomic E-state index is 12.0. The molecule has 1 aliphatic carbocycles. The summed E-state index contributed by atoms with van der Waals surface area (Å²) >= 11 is 7.45. The van der Waals surface area contributed by atoms with E-state index in [9.17, 15) is 4.79 Å². The SMILES string of the molecule is CC1(C(=O)NCc2cc3cc(Cl)c(OCc4cnsn4)cc3[nH]2)CC1. The van der Waals surface area contributed by atoms with E-state index in [1.54, 1.807) is 6.20 Å². The highest BCUT2D eigenvalue weighted by atomic mass is 35.5. The molecule has 2 N–H and O–H groups in total. The molecule has 0 unspecified atom stereocenters. The number of nitrogens with one attached hydrogen (secondary N) is 2. The second kappa shape index (κ2) is 6.31. The Labute approximate surface area is 153 Å². The van der Waals surface area contributed by atoms with Crippen LogP contribution in [-0.4, -0.2) is 19.6 Å². The number of hydrogen-bond acceptors (Lipinski definition) is 5. The molecular formula is C17H17ClN4O2S. The maximum absolute atomic E-state index is 12.0. The second-order valence-corrected chi connectivity index (χ2v) is 7.56. The van der Waals surface area contributed by atoms with Gasteiger partial charge in [-0.25, -0.2) is 0 Å². The van der Waals surface area contributed by atoms with Crippen molar-refractivity contribution in [2.24, 2.45) is 5.41 Å². The lowest BCUT2D eigenvalue weighted by Gasteiger charge is -2.08. The first-order valence-corrected chi connectivity index (χ1v) is 9.13. The van der Waals surface area contributed by atoms with Crippen LogP contribution in [0.4, 0.5) is 0 Å². The molecule has 0 saturated heterocycles. The number of carbonyl (C=O) groups is 1. The first-order valence-electron chi connectivity index (χ1n) is 8.02. The van der Waals surface area contributed by atoms with Gasteiger partial charge in [0.25, 0.3) is 0 Å². The standard InChI is InChI=1S/C17H17ClN4O2S/c1-17(2-3-17)16(23)19-7-11-4-10-5-13(18)15(6-14(10)21-11)24-9-12-8-20-25-22-12/h4-6,8,21H,2-3,7,9H2,1H3,(H,19,23). The monoisotopic (exact) mass is 376 g/mol. The first-order chi connectivity index (χ1) is 12.0. The van der Waals surface area contributed by atoms with Crippen molar-refractivity contribution in [1.29, 1.82) is 0 Å². The fourth-order valence-corrected chi connectivity index (χ4v) is 3.25. The van der Waals surface area contributed by atoms with Gasteiger partial charge in [0.2, 0.25) is 5.91 Å². The third kappa shape index (κ3) is 3.48. The Hall–Kier alpha value is -2.12. The van der Waals surface area contributed by atoms with E-state index in [0.717, 1.165) is 46.9 Å². The van der Waals surface area contributed by atoms with E-state index in [-0.39, 0.29) is 11.3 Å². The number of nitrogens with zero attached hydrogens (tertiary/aromatic N) is 2. The molecule has 0 aliphatic heterocycles. The lowest BCUT2D eigenvalue weighted by Crippen LogP contribution is -2.29. The van der Waals surface area contributed by atoms with Crippen LogP contribution in [0.3, 0.4) is 0 Å². The van der Waals surface area contributed by atoms with Crippen LogP contribution < -0.4 is 10.1 Å². The van der Waals surface area contributed by atoms with Crippen molar-refractivity contribution in [3.05, 3.63) is 40.8 Å². The largest absolute Gasteiger partial charge is 0.486 e. The van der Waals surface area contributed by atoms with E-state index in [1.165, 1.54) is 0 Å². The number of H-pyrrole nitrogens is 1. The molecule has 0 bridgehead atoms. The molecule has 1 aliphatic rings. The van der Waals surface area contributed by atoms with E-state index < -0.39 is 0 Å². The minimum absolute atomic E-state index is 0.116. The zero-order valence-corrected chi connectivity index (χ0v) is 15.2. The molecule has 8 heteroatoms. The number of fused-ring (bicyclic) bond motifs is 1. The van der Waals surface area contributed by atoms with Gasteiger partial charge in [0.15, 0.2) is 0 Å². The van der Waals surface area contributed by atoms with Crippen molar-refractivity contribution in [1.82, 2.24) is 19.0 Å². The zero-order valence-electron chi connectivity index (χ0n) is 13.6. The summed E-state index contributed by atoms with van der Waals surface area (Å²) in [5.41, 5.74) is 2.45. The molecule has 4 rings (SSSR count). The van der Waals surface area contributed by atoms with Crippen molar-refractivity contribution in [2.75, 3.05) is 0 Å². The van der Waals surface area contributed by atoms with Crippen molar-refractivity contribution in [2.45, 2.75) is 32.9 Å². The normalized spacial score (nSPS) is 15.3. The molecule has 130 valence electrons. The zero-order chi connectivity index (χ0) is 17.4. The molecule has 1 saturated carbocycles. The van der Waals surface area contributed by atoms with Gasteiger partial charge in [-0.15, -0.1) is 0 Å². The molecule has 1 aromatic carbocycles. The number of aromatic amines is 1. The van der Waals surface area contributed by atoms with Crippen LogP contribution in [0.25, 0.3) is 10.9 Å². The van der Waals surface area contributed by atoms with Gasteiger partial charge >= 0.3 is 0 Å². The lowest BCUT2D eigenvalue weighted by atomic mass is 10.1. The van der Waals surface area contributed by atoms with Crippen LogP contribution in [0.15, 0.2) is 24.4 Å². The van der Waals surface area contributed by atoms with Crippen molar-refractivity contribution in [3.8, 4) is 5.75 Å². The summed E-state index contributed by atoms with van der Waals surface area (Å²) in [6.45, 7) is 2.79. The number of halogens is 1. The van der Waals surface area contributed by atoms with Gasteiger partial charge < -0.3 is 15.0 Å². The maximum Gasteiger partial charge on any atom is 0.226 e. The third-order valence-corrected chi connectivity index (χ3v) is 5.31. The van der Waals surface area contributed by atoms with Crippen molar-refractivity contribution in [3.63, 3.8) is 0 Å². The quantitative estimate of drug-likeness (QED) is 0.687. The Morgan fingerprint density at radius 2 is 2.28 bits per heavy atom. The van der Waals surface area contributed by atoms with Gasteiger partial charge in [-0.2, -0.15) is 8.75 Å². The Balaban J connectivity index is 1.47. The van der Waals surface area contributed by atoms with Gasteiger partial charge in [-0.05, 0) is 25.0 Å². The number of hydrogen-bond donors (Lipinski definition) is 2. The molecule has 0 atom stereocenters. The summed E-state index contributed by atoms with van der Waals surface area (Å²) in [6, 6.07) is 5.71. The fraction of sp³-hybridized carbons (Fsp3) is 0.353. The summed E-state index contributed by atoms with van der Waals surface area (Å²) in [5, 5.41) is 4.51. The molecular weight excluding hydrogens is 360 g/mol. The number of rotatable bonds is 6. The molecule has 0 radical (unpaired) electrons. The van der Waals surface area contributed by atoms with Gasteiger partial charge in [-0.3, -0.25) is 4.79 Å². The van der Waals surface area contributed by atoms with Crippen molar-refractivity contribution >= 4 is 40.1 Å². The average Bonchev–Trinajstić information content (AvgIpc) is 3.01. The van der Waals surface area contributed by atoms with Gasteiger partial charge in [0, 0.05) is 28.1 Å². The predicted molar refractivity (Wildman–Crippen MR) is 96.7 cm³/mol. The Morgan fingerprint density at radius 3 is 3.00 bits per heavy atom. The molecule has 6 nitrogen and oxygen atoms in total. The lowest BCUT2D eigenvalue weighted by molar-refractivity contribution is -0.125. The number of benzene rings is 1. The second-order valence-electron chi connectivity index (χ2n) is 6.60. The highest BCUT2D eigenvalue weighted by molar-refractivity contribution is 6.99. The molecule has 2 heterocycles.